The van der Waals surface area contributed by atoms with E-state index in [1.165, 1.54) is 56.3 Å². The van der Waals surface area contributed by atoms with Crippen LogP contribution in [0.4, 0.5) is 0 Å². The molecule has 7 rings (SSSR count). The van der Waals surface area contributed by atoms with Crippen LogP contribution in [0.3, 0.4) is 0 Å². The lowest BCUT2D eigenvalue weighted by atomic mass is 9.51. The predicted molar refractivity (Wildman–Crippen MR) is 139 cm³/mol. The average molecular weight is 466 g/mol. The number of nitrogens with one attached hydrogen (secondary N) is 1. The van der Waals surface area contributed by atoms with Gasteiger partial charge >= 0.3 is 0 Å². The van der Waals surface area contributed by atoms with Crippen LogP contribution in [0.15, 0.2) is 85.2 Å². The highest BCUT2D eigenvalue weighted by molar-refractivity contribution is 5.94. The van der Waals surface area contributed by atoms with Crippen molar-refractivity contribution in [1.82, 2.24) is 15.2 Å². The molecule has 0 unspecified atom stereocenters. The highest BCUT2D eigenvalue weighted by atomic mass is 16.1. The molecule has 0 radical (unpaired) electrons. The molecule has 0 spiro atoms. The second-order valence-electron chi connectivity index (χ2n) is 10.8. The maximum atomic E-state index is 13.4. The number of likely N-dealkylation sites (tertiary alicyclic amines) is 1. The van der Waals surface area contributed by atoms with Crippen LogP contribution in [0.2, 0.25) is 0 Å². The lowest BCUT2D eigenvalue weighted by molar-refractivity contribution is -0.0606. The Morgan fingerprint density at radius 2 is 1.43 bits per heavy atom. The van der Waals surface area contributed by atoms with Crippen LogP contribution in [0, 0.1) is 5.92 Å². The third kappa shape index (κ3) is 4.29. The number of hydrogen-bond donors (Lipinski definition) is 1. The monoisotopic (exact) mass is 465 g/mol. The van der Waals surface area contributed by atoms with Crippen LogP contribution < -0.4 is 5.32 Å². The first kappa shape index (κ1) is 22.5. The number of pyridine rings is 1. The maximum Gasteiger partial charge on any atom is 0.253 e. The zero-order chi connectivity index (χ0) is 23.7. The second kappa shape index (κ2) is 9.58. The highest BCUT2D eigenvalue weighted by Gasteiger charge is 2.58. The number of hydrogen-bond acceptors (Lipinski definition) is 3. The third-order valence-electron chi connectivity index (χ3n) is 8.92. The van der Waals surface area contributed by atoms with E-state index in [1.807, 2.05) is 12.1 Å². The Bertz CT molecular complexity index is 1080. The van der Waals surface area contributed by atoms with Gasteiger partial charge in [0.1, 0.15) is 0 Å². The number of carbonyl (C=O) groups is 1. The largest absolute Gasteiger partial charge is 0.349 e. The molecular formula is C31H35N3O. The fraction of sp³-hybridized carbons (Fsp3) is 0.419. The van der Waals surface area contributed by atoms with E-state index in [-0.39, 0.29) is 17.5 Å². The standard InChI is InChI=1S/C31H35N3O/c35-30(25-15-10-16-32-22-25)33-28-21-31(34-17-8-3-9-18-34)19-26(23-11-4-1-5-12-23)29(28)27(20-31)24-13-6-2-7-14-24/h1-2,4-7,10-16,22,26-29H,3,8-9,17-21H2,(H,33,35)/t26-,27-,28-,29?,31?/m0/s1. The van der Waals surface area contributed by atoms with Gasteiger partial charge < -0.3 is 5.32 Å². The summed E-state index contributed by atoms with van der Waals surface area (Å²) < 4.78 is 0. The highest BCUT2D eigenvalue weighted by Crippen LogP contribution is 2.60. The molecule has 1 aromatic heterocycles. The van der Waals surface area contributed by atoms with E-state index in [1.54, 1.807) is 12.4 Å². The van der Waals surface area contributed by atoms with E-state index < -0.39 is 0 Å². The zero-order valence-corrected chi connectivity index (χ0v) is 20.4. The molecule has 3 aliphatic carbocycles. The van der Waals surface area contributed by atoms with Crippen molar-refractivity contribution < 1.29 is 4.79 Å². The van der Waals surface area contributed by atoms with Gasteiger partial charge in [-0.1, -0.05) is 67.1 Å². The van der Waals surface area contributed by atoms with Crippen LogP contribution in [0.1, 0.15) is 71.8 Å². The lowest BCUT2D eigenvalue weighted by Gasteiger charge is -2.62. The molecule has 3 aromatic rings. The van der Waals surface area contributed by atoms with Gasteiger partial charge in [-0.05, 0) is 86.2 Å². The fourth-order valence-electron chi connectivity index (χ4n) is 7.46. The second-order valence-corrected chi connectivity index (χ2v) is 10.8. The minimum Gasteiger partial charge on any atom is -0.349 e. The molecule has 3 saturated carbocycles. The molecule has 1 amide bonds. The maximum absolute atomic E-state index is 13.4. The van der Waals surface area contributed by atoms with Crippen LogP contribution in [-0.4, -0.2) is 40.5 Å². The van der Waals surface area contributed by atoms with Gasteiger partial charge in [0, 0.05) is 24.0 Å². The lowest BCUT2D eigenvalue weighted by Crippen LogP contribution is -2.66. The Labute approximate surface area is 208 Å². The van der Waals surface area contributed by atoms with Crippen molar-refractivity contribution in [2.45, 2.75) is 61.9 Å². The van der Waals surface area contributed by atoms with Crippen molar-refractivity contribution in [1.29, 1.82) is 0 Å². The van der Waals surface area contributed by atoms with E-state index in [0.717, 1.165) is 6.42 Å². The molecule has 2 aromatic carbocycles. The minimum atomic E-state index is 0.00284. The molecule has 3 atom stereocenters. The van der Waals surface area contributed by atoms with Crippen molar-refractivity contribution in [3.05, 3.63) is 102 Å². The summed E-state index contributed by atoms with van der Waals surface area (Å²) in [5.74, 6) is 1.21. The summed E-state index contributed by atoms with van der Waals surface area (Å²) in [4.78, 5) is 20.4. The van der Waals surface area contributed by atoms with Gasteiger partial charge in [-0.3, -0.25) is 14.7 Å². The number of aromatic nitrogens is 1. The van der Waals surface area contributed by atoms with Gasteiger partial charge in [0.05, 0.1) is 5.56 Å². The van der Waals surface area contributed by atoms with E-state index in [9.17, 15) is 4.79 Å². The zero-order valence-electron chi connectivity index (χ0n) is 20.4. The first-order valence-electron chi connectivity index (χ1n) is 13.3. The molecular weight excluding hydrogens is 430 g/mol. The summed E-state index contributed by atoms with van der Waals surface area (Å²) in [5, 5.41) is 3.52. The number of nitrogens with zero attached hydrogens (tertiary/aromatic N) is 2. The SMILES string of the molecule is O=C(N[C@H]1CC2(N3CCCCC3)C[C@@H](c3ccccc3)C1[C@H](c1ccccc1)C2)c1cccnc1. The molecule has 4 nitrogen and oxygen atoms in total. The molecule has 35 heavy (non-hydrogen) atoms. The van der Waals surface area contributed by atoms with Gasteiger partial charge in [0.2, 0.25) is 0 Å². The summed E-state index contributed by atoms with van der Waals surface area (Å²) in [5.41, 5.74) is 3.59. The normalized spacial score (nSPS) is 30.6. The quantitative estimate of drug-likeness (QED) is 0.519. The summed E-state index contributed by atoms with van der Waals surface area (Å²) in [7, 11) is 0. The van der Waals surface area contributed by atoms with E-state index in [2.05, 4.69) is 75.9 Å². The Morgan fingerprint density at radius 3 is 2.00 bits per heavy atom. The molecule has 180 valence electrons. The number of carbonyl (C=O) groups excluding carboxylic acids is 1. The number of rotatable bonds is 5. The van der Waals surface area contributed by atoms with Gasteiger partial charge in [-0.25, -0.2) is 0 Å². The first-order chi connectivity index (χ1) is 17.2. The molecule has 2 bridgehead atoms. The molecule has 1 aliphatic heterocycles. The predicted octanol–water partition coefficient (Wildman–Crippen LogP) is 5.79. The molecule has 4 aliphatic rings. The Hall–Kier alpha value is -2.98. The van der Waals surface area contributed by atoms with Crippen LogP contribution in [0.25, 0.3) is 0 Å². The molecule has 1 saturated heterocycles. The van der Waals surface area contributed by atoms with Crippen LogP contribution >= 0.6 is 0 Å². The van der Waals surface area contributed by atoms with Crippen molar-refractivity contribution >= 4 is 5.91 Å². The van der Waals surface area contributed by atoms with Crippen molar-refractivity contribution in [3.8, 4) is 0 Å². The number of amides is 1. The Morgan fingerprint density at radius 1 is 0.800 bits per heavy atom. The van der Waals surface area contributed by atoms with Gasteiger partial charge in [-0.2, -0.15) is 0 Å². The summed E-state index contributed by atoms with van der Waals surface area (Å²) in [6.45, 7) is 2.36. The number of fused-ring (bicyclic) bond motifs is 3. The van der Waals surface area contributed by atoms with Crippen molar-refractivity contribution in [2.75, 3.05) is 13.1 Å². The Kier molecular flexibility index (Phi) is 6.15. The summed E-state index contributed by atoms with van der Waals surface area (Å²) in [6.07, 6.45) is 10.7. The molecule has 2 heterocycles. The van der Waals surface area contributed by atoms with Crippen LogP contribution in [0.5, 0.6) is 0 Å². The average Bonchev–Trinajstić information content (AvgIpc) is 2.95. The smallest absolute Gasteiger partial charge is 0.253 e. The topological polar surface area (TPSA) is 45.2 Å². The summed E-state index contributed by atoms with van der Waals surface area (Å²) in [6, 6.07) is 26.0. The number of benzene rings is 2. The van der Waals surface area contributed by atoms with Crippen molar-refractivity contribution in [3.63, 3.8) is 0 Å². The molecule has 1 N–H and O–H groups in total. The molecule has 4 heteroatoms. The minimum absolute atomic E-state index is 0.00284. The van der Waals surface area contributed by atoms with Crippen LogP contribution in [-0.2, 0) is 0 Å². The van der Waals surface area contributed by atoms with Gasteiger partial charge in [0.15, 0.2) is 0 Å². The van der Waals surface area contributed by atoms with E-state index >= 15 is 0 Å². The first-order valence-corrected chi connectivity index (χ1v) is 13.3. The van der Waals surface area contributed by atoms with E-state index in [4.69, 9.17) is 0 Å². The molecule has 4 fully saturated rings. The van der Waals surface area contributed by atoms with E-state index in [0.29, 0.717) is 23.3 Å². The number of piperidine rings is 1. The van der Waals surface area contributed by atoms with Gasteiger partial charge in [-0.15, -0.1) is 0 Å². The summed E-state index contributed by atoms with van der Waals surface area (Å²) >= 11 is 0. The third-order valence-corrected chi connectivity index (χ3v) is 8.92. The Balaban J connectivity index is 1.43. The van der Waals surface area contributed by atoms with Gasteiger partial charge in [0.25, 0.3) is 5.91 Å². The van der Waals surface area contributed by atoms with Crippen molar-refractivity contribution in [2.24, 2.45) is 5.92 Å². The fourth-order valence-corrected chi connectivity index (χ4v) is 7.46.